The van der Waals surface area contributed by atoms with Crippen molar-refractivity contribution in [2.45, 2.75) is 19.3 Å². The second-order valence-corrected chi connectivity index (χ2v) is 7.10. The third-order valence-electron chi connectivity index (χ3n) is 4.19. The molecule has 7 heteroatoms. The normalized spacial score (nSPS) is 15.5. The highest BCUT2D eigenvalue weighted by Gasteiger charge is 2.42. The van der Waals surface area contributed by atoms with Crippen LogP contribution in [0.3, 0.4) is 0 Å². The molecule has 0 aliphatic carbocycles. The summed E-state index contributed by atoms with van der Waals surface area (Å²) in [7, 11) is 3.26. The van der Waals surface area contributed by atoms with Crippen molar-refractivity contribution >= 4 is 34.0 Å². The van der Waals surface area contributed by atoms with Crippen LogP contribution < -0.4 is 10.2 Å². The molecular weight excluding hydrogens is 326 g/mol. The van der Waals surface area contributed by atoms with Gasteiger partial charge in [0, 0.05) is 30.8 Å². The van der Waals surface area contributed by atoms with Gasteiger partial charge in [-0.25, -0.2) is 4.98 Å². The van der Waals surface area contributed by atoms with Gasteiger partial charge in [-0.15, -0.1) is 11.3 Å². The first-order valence-electron chi connectivity index (χ1n) is 7.52. The highest BCUT2D eigenvalue weighted by molar-refractivity contribution is 7.14. The number of carbonyl (C=O) groups excluding carboxylic acids is 2. The summed E-state index contributed by atoms with van der Waals surface area (Å²) in [5.74, 6) is -0.152. The van der Waals surface area contributed by atoms with Crippen molar-refractivity contribution in [1.82, 2.24) is 4.98 Å². The number of rotatable bonds is 4. The minimum absolute atomic E-state index is 0.00358. The molecule has 1 aliphatic heterocycles. The van der Waals surface area contributed by atoms with Gasteiger partial charge in [-0.2, -0.15) is 0 Å². The van der Waals surface area contributed by atoms with Crippen LogP contribution in [-0.2, 0) is 19.7 Å². The first-order valence-corrected chi connectivity index (χ1v) is 8.40. The molecule has 0 radical (unpaired) electrons. The molecule has 0 fully saturated rings. The first kappa shape index (κ1) is 16.6. The molecule has 2 aromatic rings. The highest BCUT2D eigenvalue weighted by Crippen LogP contribution is 2.42. The molecule has 0 unspecified atom stereocenters. The van der Waals surface area contributed by atoms with E-state index in [2.05, 4.69) is 10.3 Å². The molecule has 1 N–H and O–H groups in total. The van der Waals surface area contributed by atoms with E-state index >= 15 is 0 Å². The highest BCUT2D eigenvalue weighted by atomic mass is 32.1. The Labute approximate surface area is 144 Å². The summed E-state index contributed by atoms with van der Waals surface area (Å²) in [4.78, 5) is 30.1. The first-order chi connectivity index (χ1) is 11.3. The van der Waals surface area contributed by atoms with Crippen molar-refractivity contribution in [1.29, 1.82) is 0 Å². The molecule has 0 atom stereocenters. The SMILES string of the molecule is COCC(=O)Nc1nc(-c2ccc3c(c2)C(C)(C)C(=O)N3C)cs1. The van der Waals surface area contributed by atoms with Crippen LogP contribution in [0.25, 0.3) is 11.3 Å². The van der Waals surface area contributed by atoms with Gasteiger partial charge in [-0.1, -0.05) is 6.07 Å². The summed E-state index contributed by atoms with van der Waals surface area (Å²) in [5.41, 5.74) is 3.07. The monoisotopic (exact) mass is 345 g/mol. The maximum Gasteiger partial charge on any atom is 0.252 e. The molecule has 0 spiro atoms. The van der Waals surface area contributed by atoms with Crippen LogP contribution in [0.2, 0.25) is 0 Å². The lowest BCUT2D eigenvalue weighted by atomic mass is 9.85. The van der Waals surface area contributed by atoms with Gasteiger partial charge in [0.25, 0.3) is 5.91 Å². The van der Waals surface area contributed by atoms with Gasteiger partial charge in [0.2, 0.25) is 5.91 Å². The van der Waals surface area contributed by atoms with Gasteiger partial charge < -0.3 is 9.64 Å². The maximum absolute atomic E-state index is 12.4. The van der Waals surface area contributed by atoms with Crippen LogP contribution >= 0.6 is 11.3 Å². The third-order valence-corrected chi connectivity index (χ3v) is 4.95. The number of hydrogen-bond donors (Lipinski definition) is 1. The average molecular weight is 345 g/mol. The fourth-order valence-electron chi connectivity index (χ4n) is 2.88. The van der Waals surface area contributed by atoms with E-state index in [1.165, 1.54) is 18.4 Å². The number of ether oxygens (including phenoxy) is 1. The number of thiazole rings is 1. The number of nitrogens with one attached hydrogen (secondary N) is 1. The Morgan fingerprint density at radius 2 is 2.17 bits per heavy atom. The lowest BCUT2D eigenvalue weighted by Crippen LogP contribution is -2.33. The van der Waals surface area contributed by atoms with E-state index in [0.717, 1.165) is 22.5 Å². The van der Waals surface area contributed by atoms with Crippen molar-refractivity contribution in [2.75, 3.05) is 31.0 Å². The Morgan fingerprint density at radius 1 is 1.42 bits per heavy atom. The standard InChI is InChI=1S/C17H19N3O3S/c1-17(2)11-7-10(5-6-13(11)20(3)15(17)22)12-9-24-16(18-12)19-14(21)8-23-4/h5-7,9H,8H2,1-4H3,(H,18,19,21). The lowest BCUT2D eigenvalue weighted by Gasteiger charge is -2.16. The molecule has 6 nitrogen and oxygen atoms in total. The largest absolute Gasteiger partial charge is 0.375 e. The van der Waals surface area contributed by atoms with Crippen LogP contribution in [0.4, 0.5) is 10.8 Å². The molecule has 24 heavy (non-hydrogen) atoms. The lowest BCUT2D eigenvalue weighted by molar-refractivity contribution is -0.122. The van der Waals surface area contributed by atoms with Gasteiger partial charge in [-0.3, -0.25) is 14.9 Å². The average Bonchev–Trinajstić information content (AvgIpc) is 3.06. The van der Waals surface area contributed by atoms with Gasteiger partial charge >= 0.3 is 0 Å². The number of amides is 2. The van der Waals surface area contributed by atoms with Crippen LogP contribution in [0, 0.1) is 0 Å². The predicted molar refractivity (Wildman–Crippen MR) is 94.5 cm³/mol. The van der Waals surface area contributed by atoms with Crippen LogP contribution in [-0.4, -0.2) is 37.6 Å². The fourth-order valence-corrected chi connectivity index (χ4v) is 3.62. The number of methoxy groups -OCH3 is 1. The molecular formula is C17H19N3O3S. The number of anilines is 2. The van der Waals surface area contributed by atoms with E-state index < -0.39 is 5.41 Å². The zero-order valence-corrected chi connectivity index (χ0v) is 14.9. The molecule has 126 valence electrons. The Kier molecular flexibility index (Phi) is 4.15. The van der Waals surface area contributed by atoms with E-state index in [1.807, 2.05) is 37.4 Å². The number of benzene rings is 1. The van der Waals surface area contributed by atoms with E-state index in [4.69, 9.17) is 4.74 Å². The quantitative estimate of drug-likeness (QED) is 0.925. The minimum Gasteiger partial charge on any atom is -0.375 e. The topological polar surface area (TPSA) is 71.5 Å². The minimum atomic E-state index is -0.550. The van der Waals surface area contributed by atoms with Gasteiger partial charge in [0.1, 0.15) is 6.61 Å². The van der Waals surface area contributed by atoms with Crippen molar-refractivity contribution in [3.63, 3.8) is 0 Å². The zero-order chi connectivity index (χ0) is 17.5. The smallest absolute Gasteiger partial charge is 0.252 e. The second kappa shape index (κ2) is 5.99. The summed E-state index contributed by atoms with van der Waals surface area (Å²) in [6.07, 6.45) is 0. The molecule has 1 aromatic carbocycles. The zero-order valence-electron chi connectivity index (χ0n) is 14.0. The Balaban J connectivity index is 1.90. The molecule has 0 saturated heterocycles. The molecule has 1 aromatic heterocycles. The van der Waals surface area contributed by atoms with Gasteiger partial charge in [0.15, 0.2) is 5.13 Å². The number of fused-ring (bicyclic) bond motifs is 1. The number of nitrogens with zero attached hydrogens (tertiary/aromatic N) is 2. The molecule has 3 rings (SSSR count). The van der Waals surface area contributed by atoms with Crippen LogP contribution in [0.5, 0.6) is 0 Å². The second-order valence-electron chi connectivity index (χ2n) is 6.24. The van der Waals surface area contributed by atoms with Crippen molar-refractivity contribution in [3.05, 3.63) is 29.1 Å². The predicted octanol–water partition coefficient (Wildman–Crippen LogP) is 2.65. The summed E-state index contributed by atoms with van der Waals surface area (Å²) in [6, 6.07) is 5.90. The van der Waals surface area contributed by atoms with E-state index in [-0.39, 0.29) is 18.4 Å². The van der Waals surface area contributed by atoms with Crippen molar-refractivity contribution in [3.8, 4) is 11.3 Å². The van der Waals surface area contributed by atoms with E-state index in [9.17, 15) is 9.59 Å². The Morgan fingerprint density at radius 3 is 2.88 bits per heavy atom. The maximum atomic E-state index is 12.4. The summed E-state index contributed by atoms with van der Waals surface area (Å²) in [6.45, 7) is 3.86. The fraction of sp³-hybridized carbons (Fsp3) is 0.353. The summed E-state index contributed by atoms with van der Waals surface area (Å²) >= 11 is 1.36. The molecule has 0 bridgehead atoms. The Bertz CT molecular complexity index is 813. The van der Waals surface area contributed by atoms with Crippen molar-refractivity contribution in [2.24, 2.45) is 0 Å². The van der Waals surface area contributed by atoms with E-state index in [0.29, 0.717) is 5.13 Å². The molecule has 0 saturated carbocycles. The molecule has 1 aliphatic rings. The van der Waals surface area contributed by atoms with Crippen molar-refractivity contribution < 1.29 is 14.3 Å². The molecule has 2 amide bonds. The van der Waals surface area contributed by atoms with Gasteiger partial charge in [0.05, 0.1) is 11.1 Å². The number of hydrogen-bond acceptors (Lipinski definition) is 5. The Hall–Kier alpha value is -2.25. The third kappa shape index (κ3) is 2.70. The number of carbonyl (C=O) groups is 2. The number of likely N-dealkylation sites (N-methyl/N-ethyl adjacent to an activating group) is 1. The van der Waals surface area contributed by atoms with Gasteiger partial charge in [-0.05, 0) is 31.5 Å². The number of aromatic nitrogens is 1. The summed E-state index contributed by atoms with van der Waals surface area (Å²) in [5, 5.41) is 5.11. The van der Waals surface area contributed by atoms with E-state index in [1.54, 1.807) is 11.9 Å². The van der Waals surface area contributed by atoms with Crippen LogP contribution in [0.1, 0.15) is 19.4 Å². The van der Waals surface area contributed by atoms with Crippen LogP contribution in [0.15, 0.2) is 23.6 Å². The molecule has 2 heterocycles. The summed E-state index contributed by atoms with van der Waals surface area (Å²) < 4.78 is 4.79.